The number of hydrogen-bond acceptors (Lipinski definition) is 4. The van der Waals surface area contributed by atoms with Gasteiger partial charge >= 0.3 is 0 Å². The van der Waals surface area contributed by atoms with E-state index < -0.39 is 0 Å². The van der Waals surface area contributed by atoms with Gasteiger partial charge in [0.25, 0.3) is 0 Å². The number of nitriles is 1. The number of rotatable bonds is 4. The zero-order valence-corrected chi connectivity index (χ0v) is 17.5. The lowest BCUT2D eigenvalue weighted by Gasteiger charge is -2.30. The van der Waals surface area contributed by atoms with Gasteiger partial charge in [0.2, 0.25) is 11.8 Å². The molecule has 1 fully saturated rings. The van der Waals surface area contributed by atoms with E-state index in [1.165, 1.54) is 11.8 Å². The van der Waals surface area contributed by atoms with Crippen molar-refractivity contribution in [1.82, 2.24) is 10.2 Å². The summed E-state index contributed by atoms with van der Waals surface area (Å²) in [5.74, 6) is -0.782. The molecule has 0 aromatic heterocycles. The number of amides is 2. The molecule has 2 aromatic carbocycles. The summed E-state index contributed by atoms with van der Waals surface area (Å²) in [7, 11) is 0. The number of ketones is 1. The maximum absolute atomic E-state index is 13.2. The molecule has 158 valence electrons. The third kappa shape index (κ3) is 5.56. The van der Waals surface area contributed by atoms with Crippen LogP contribution in [0.25, 0.3) is 17.0 Å². The highest BCUT2D eigenvalue weighted by Gasteiger charge is 2.29. The van der Waals surface area contributed by atoms with Crippen LogP contribution in [0.4, 0.5) is 5.69 Å². The third-order valence-electron chi connectivity index (χ3n) is 4.89. The van der Waals surface area contributed by atoms with Crippen LogP contribution in [0.2, 0.25) is 0 Å². The molecule has 0 saturated carbocycles. The van der Waals surface area contributed by atoms with Gasteiger partial charge in [0, 0.05) is 31.2 Å². The number of nitrogens with zero attached hydrogens (tertiary/aromatic N) is 3. The zero-order valence-electron chi connectivity index (χ0n) is 17.5. The Kier molecular flexibility index (Phi) is 6.95. The maximum Gasteiger partial charge on any atom is 0.242 e. The molecule has 7 heteroatoms. The van der Waals surface area contributed by atoms with Crippen LogP contribution in [0.5, 0.6) is 0 Å². The molecule has 1 heterocycles. The molecule has 0 radical (unpaired) electrons. The van der Waals surface area contributed by atoms with Crippen LogP contribution in [0.15, 0.2) is 59.7 Å². The van der Waals surface area contributed by atoms with Crippen LogP contribution in [-0.4, -0.2) is 42.1 Å². The molecule has 0 unspecified atom stereocenters. The molecule has 2 aromatic rings. The van der Waals surface area contributed by atoms with Gasteiger partial charge in [0.15, 0.2) is 11.5 Å². The molecule has 7 nitrogen and oxygen atoms in total. The minimum absolute atomic E-state index is 0.116. The number of benzene rings is 2. The van der Waals surface area contributed by atoms with Crippen LogP contribution in [0.3, 0.4) is 0 Å². The van der Waals surface area contributed by atoms with Crippen molar-refractivity contribution in [2.45, 2.75) is 6.92 Å². The summed E-state index contributed by atoms with van der Waals surface area (Å²) >= 11 is 0. The smallest absolute Gasteiger partial charge is 0.242 e. The summed E-state index contributed by atoms with van der Waals surface area (Å²) in [5.41, 5.74) is 3.36. The van der Waals surface area contributed by atoms with Crippen LogP contribution in [0.1, 0.15) is 23.6 Å². The lowest BCUT2D eigenvalue weighted by molar-refractivity contribution is -0.132. The van der Waals surface area contributed by atoms with Gasteiger partial charge in [0.05, 0.1) is 24.7 Å². The molecular formula is C25H20N4O3. The van der Waals surface area contributed by atoms with Crippen molar-refractivity contribution in [3.63, 3.8) is 0 Å². The number of hydrogen-bond donors (Lipinski definition) is 1. The fourth-order valence-electron chi connectivity index (χ4n) is 3.23. The number of nitrogens with one attached hydrogen (secondary N) is 1. The number of carbonyl (C=O) groups excluding carboxylic acids is 3. The second-order valence-electron chi connectivity index (χ2n) is 7.26. The largest absolute Gasteiger partial charge is 0.347 e. The topological polar surface area (TPSA) is 94.6 Å². The fourth-order valence-corrected chi connectivity index (χ4v) is 3.23. The van der Waals surface area contributed by atoms with Crippen LogP contribution < -0.4 is 5.32 Å². The Morgan fingerprint density at radius 2 is 1.59 bits per heavy atom. The van der Waals surface area contributed by atoms with Gasteiger partial charge in [-0.05, 0) is 35.4 Å². The highest BCUT2D eigenvalue weighted by molar-refractivity contribution is 6.15. The molecule has 1 aliphatic heterocycles. The second-order valence-corrected chi connectivity index (χ2v) is 7.26. The summed E-state index contributed by atoms with van der Waals surface area (Å²) in [6, 6.07) is 15.7. The van der Waals surface area contributed by atoms with Crippen LogP contribution >= 0.6 is 0 Å². The Hall–Kier alpha value is -4.49. The number of carbonyl (C=O) groups is 3. The van der Waals surface area contributed by atoms with Crippen molar-refractivity contribution in [3.05, 3.63) is 87.8 Å². The summed E-state index contributed by atoms with van der Waals surface area (Å²) in [6.45, 7) is 8.47. The molecule has 1 N–H and O–H groups in total. The number of Topliss-reactive ketones (excluding diaryl/α,β-unsaturated/α-hetero) is 1. The average Bonchev–Trinajstić information content (AvgIpc) is 2.80. The Morgan fingerprint density at radius 3 is 2.06 bits per heavy atom. The lowest BCUT2D eigenvalue weighted by atomic mass is 9.94. The van der Waals surface area contributed by atoms with Crippen LogP contribution in [0, 0.1) is 17.9 Å². The zero-order chi connectivity index (χ0) is 23.1. The van der Waals surface area contributed by atoms with Gasteiger partial charge in [-0.3, -0.25) is 14.4 Å². The first-order valence-electron chi connectivity index (χ1n) is 9.85. The van der Waals surface area contributed by atoms with E-state index in [2.05, 4.69) is 16.2 Å². The lowest BCUT2D eigenvalue weighted by Crippen LogP contribution is -2.45. The van der Waals surface area contributed by atoms with Crippen molar-refractivity contribution in [1.29, 1.82) is 5.26 Å². The van der Waals surface area contributed by atoms with Gasteiger partial charge in [-0.25, -0.2) is 4.85 Å². The Morgan fingerprint density at radius 1 is 1.06 bits per heavy atom. The van der Waals surface area contributed by atoms with E-state index in [0.717, 1.165) is 11.1 Å². The fraction of sp³-hybridized carbons (Fsp3) is 0.160. The van der Waals surface area contributed by atoms with E-state index in [0.29, 0.717) is 22.4 Å². The highest BCUT2D eigenvalue weighted by Crippen LogP contribution is 2.23. The van der Waals surface area contributed by atoms with Gasteiger partial charge in [-0.15, -0.1) is 0 Å². The Labute approximate surface area is 186 Å². The third-order valence-corrected chi connectivity index (χ3v) is 4.89. The summed E-state index contributed by atoms with van der Waals surface area (Å²) < 4.78 is 0. The van der Waals surface area contributed by atoms with Crippen molar-refractivity contribution in [2.24, 2.45) is 0 Å². The summed E-state index contributed by atoms with van der Waals surface area (Å²) in [5, 5.41) is 11.5. The molecule has 0 bridgehead atoms. The van der Waals surface area contributed by atoms with Crippen molar-refractivity contribution in [3.8, 4) is 6.07 Å². The average molecular weight is 424 g/mol. The second kappa shape index (κ2) is 10.0. The minimum Gasteiger partial charge on any atom is -0.347 e. The molecular weight excluding hydrogens is 404 g/mol. The minimum atomic E-state index is -0.310. The molecule has 2 amide bonds. The number of piperidine rings is 1. The maximum atomic E-state index is 13.2. The summed E-state index contributed by atoms with van der Waals surface area (Å²) in [4.78, 5) is 41.9. The molecule has 3 rings (SSSR count). The molecule has 0 atom stereocenters. The number of likely N-dealkylation sites (tertiary alicyclic amines) is 1. The predicted octanol–water partition coefficient (Wildman–Crippen LogP) is 3.12. The van der Waals surface area contributed by atoms with Gasteiger partial charge in [-0.2, -0.15) is 5.26 Å². The Balaban J connectivity index is 1.94. The van der Waals surface area contributed by atoms with Gasteiger partial charge < -0.3 is 10.2 Å². The SMILES string of the molecule is [C-]#[N+]c1ccc(/C=C2\CN(C(=O)CNC(C)=O)C/C(=C\c3ccc(C#N)cc3)C2=O)cc1. The molecule has 1 saturated heterocycles. The normalized spacial score (nSPS) is 15.8. The van der Waals surface area contributed by atoms with Crippen LogP contribution in [-0.2, 0) is 14.4 Å². The standard InChI is InChI=1S/C25H20N4O3/c1-17(30)28-14-24(31)29-15-21(11-18-3-5-20(13-26)6-4-18)25(32)22(16-29)12-19-7-9-23(27-2)10-8-19/h3-12H,14-16H2,1H3,(H,28,30)/b21-11+,22-12+. The van der Waals surface area contributed by atoms with E-state index in [9.17, 15) is 14.4 Å². The first kappa shape index (κ1) is 22.2. The highest BCUT2D eigenvalue weighted by atomic mass is 16.2. The van der Waals surface area contributed by atoms with E-state index in [-0.39, 0.29) is 37.2 Å². The monoisotopic (exact) mass is 424 g/mol. The van der Waals surface area contributed by atoms with Gasteiger partial charge in [-0.1, -0.05) is 36.4 Å². The summed E-state index contributed by atoms with van der Waals surface area (Å²) in [6.07, 6.45) is 3.41. The predicted molar refractivity (Wildman–Crippen MR) is 120 cm³/mol. The van der Waals surface area contributed by atoms with Crippen molar-refractivity contribution in [2.75, 3.05) is 19.6 Å². The van der Waals surface area contributed by atoms with Crippen molar-refractivity contribution >= 4 is 35.4 Å². The molecule has 1 aliphatic rings. The van der Waals surface area contributed by atoms with E-state index in [1.54, 1.807) is 60.7 Å². The quantitative estimate of drug-likeness (QED) is 0.603. The van der Waals surface area contributed by atoms with Gasteiger partial charge in [0.1, 0.15) is 0 Å². The molecule has 0 spiro atoms. The van der Waals surface area contributed by atoms with Crippen molar-refractivity contribution < 1.29 is 14.4 Å². The Bertz CT molecular complexity index is 1110. The van der Waals surface area contributed by atoms with E-state index in [1.807, 2.05) is 0 Å². The molecule has 0 aliphatic carbocycles. The first-order chi connectivity index (χ1) is 15.4. The van der Waals surface area contributed by atoms with E-state index in [4.69, 9.17) is 11.8 Å². The first-order valence-corrected chi connectivity index (χ1v) is 9.85. The van der Waals surface area contributed by atoms with E-state index >= 15 is 0 Å². The molecule has 32 heavy (non-hydrogen) atoms.